The summed E-state index contributed by atoms with van der Waals surface area (Å²) < 4.78 is 103. The van der Waals surface area contributed by atoms with Crippen molar-refractivity contribution < 1.29 is 45.0 Å². The zero-order valence-electron chi connectivity index (χ0n) is 17.8. The molecule has 0 saturated heterocycles. The van der Waals surface area contributed by atoms with E-state index in [1.165, 1.54) is 27.0 Å². The Kier molecular flexibility index (Phi) is 7.03. The van der Waals surface area contributed by atoms with E-state index in [2.05, 4.69) is 15.2 Å². The molecule has 1 heterocycles. The van der Waals surface area contributed by atoms with Crippen LogP contribution < -0.4 is 14.8 Å². The van der Waals surface area contributed by atoms with Gasteiger partial charge in [0.15, 0.2) is 34.8 Å². The van der Waals surface area contributed by atoms with Crippen LogP contribution in [0.25, 0.3) is 0 Å². The van der Waals surface area contributed by atoms with Gasteiger partial charge in [0.05, 0.1) is 36.3 Å². The average Bonchev–Trinajstić information content (AvgIpc) is 3.06. The minimum Gasteiger partial charge on any atom is -0.493 e. The Bertz CT molecular complexity index is 1230. The lowest BCUT2D eigenvalue weighted by atomic mass is 10.1. The first-order valence-electron chi connectivity index (χ1n) is 9.44. The summed E-state index contributed by atoms with van der Waals surface area (Å²) in [5.41, 5.74) is -0.663. The third-order valence-corrected chi connectivity index (χ3v) is 4.87. The Morgan fingerprint density at radius 1 is 1.00 bits per heavy atom. The number of alkyl halides is 2. The topological polar surface area (TPSA) is 65.4 Å². The van der Waals surface area contributed by atoms with Crippen LogP contribution in [0.4, 0.5) is 36.4 Å². The number of nitrogens with one attached hydrogen (secondary N) is 1. The summed E-state index contributed by atoms with van der Waals surface area (Å²) in [5.74, 6) is -11.6. The third-order valence-electron chi connectivity index (χ3n) is 4.87. The molecular formula is C21H16F7N3O3. The standard InChI is InChI=1S/C21H16F7N3O3/c1-8-19(29-20(32)10-4-5-12(34-21(27)28)13(6-10)33-3)9(2)31(30-8)7-11-14(22)16(24)18(26)17(25)15(11)23/h4-6,21H,7H2,1-3H3,(H,29,32). The first-order valence-corrected chi connectivity index (χ1v) is 9.44. The molecule has 0 saturated carbocycles. The zero-order chi connectivity index (χ0) is 25.3. The summed E-state index contributed by atoms with van der Waals surface area (Å²) in [5, 5.41) is 6.51. The van der Waals surface area contributed by atoms with Crippen LogP contribution in [-0.2, 0) is 6.54 Å². The Morgan fingerprint density at radius 3 is 2.15 bits per heavy atom. The lowest BCUT2D eigenvalue weighted by molar-refractivity contribution is -0.0512. The quantitative estimate of drug-likeness (QED) is 0.284. The molecule has 3 rings (SSSR count). The van der Waals surface area contributed by atoms with Crippen LogP contribution in [0.5, 0.6) is 11.5 Å². The second kappa shape index (κ2) is 9.61. The number of halogens is 7. The van der Waals surface area contributed by atoms with Crippen molar-refractivity contribution in [3.63, 3.8) is 0 Å². The SMILES string of the molecule is COc1cc(C(=O)Nc2c(C)nn(Cc3c(F)c(F)c(F)c(F)c3F)c2C)ccc1OC(F)F. The molecule has 182 valence electrons. The Morgan fingerprint density at radius 2 is 1.59 bits per heavy atom. The number of hydrogen-bond donors (Lipinski definition) is 1. The Hall–Kier alpha value is -3.77. The predicted molar refractivity (Wildman–Crippen MR) is 105 cm³/mol. The molecule has 0 atom stereocenters. The number of anilines is 1. The smallest absolute Gasteiger partial charge is 0.387 e. The van der Waals surface area contributed by atoms with Crippen molar-refractivity contribution in [2.45, 2.75) is 27.0 Å². The normalized spacial score (nSPS) is 11.1. The first-order chi connectivity index (χ1) is 16.0. The molecule has 1 N–H and O–H groups in total. The van der Waals surface area contributed by atoms with Crippen molar-refractivity contribution in [2.75, 3.05) is 12.4 Å². The molecule has 0 unspecified atom stereocenters. The number of carbonyl (C=O) groups is 1. The highest BCUT2D eigenvalue weighted by Gasteiger charge is 2.27. The van der Waals surface area contributed by atoms with Gasteiger partial charge >= 0.3 is 6.61 Å². The van der Waals surface area contributed by atoms with E-state index in [0.717, 1.165) is 16.8 Å². The molecule has 13 heteroatoms. The van der Waals surface area contributed by atoms with Crippen LogP contribution in [0.2, 0.25) is 0 Å². The number of amides is 1. The molecule has 2 aromatic carbocycles. The maximum Gasteiger partial charge on any atom is 0.387 e. The van der Waals surface area contributed by atoms with E-state index in [1.54, 1.807) is 0 Å². The second-order valence-corrected chi connectivity index (χ2v) is 6.95. The highest BCUT2D eigenvalue weighted by molar-refractivity contribution is 6.05. The zero-order valence-corrected chi connectivity index (χ0v) is 17.8. The van der Waals surface area contributed by atoms with Gasteiger partial charge in [-0.25, -0.2) is 22.0 Å². The fourth-order valence-electron chi connectivity index (χ4n) is 3.16. The molecule has 1 amide bonds. The number of methoxy groups -OCH3 is 1. The molecule has 34 heavy (non-hydrogen) atoms. The van der Waals surface area contributed by atoms with E-state index in [1.807, 2.05) is 0 Å². The Balaban J connectivity index is 1.89. The van der Waals surface area contributed by atoms with Gasteiger partial charge < -0.3 is 14.8 Å². The van der Waals surface area contributed by atoms with Gasteiger partial charge in [-0.15, -0.1) is 0 Å². The fraction of sp³-hybridized carbons (Fsp3) is 0.238. The third kappa shape index (κ3) is 4.63. The molecular weight excluding hydrogens is 475 g/mol. The lowest BCUT2D eigenvalue weighted by Crippen LogP contribution is -2.15. The molecule has 0 aliphatic heterocycles. The summed E-state index contributed by atoms with van der Waals surface area (Å²) >= 11 is 0. The summed E-state index contributed by atoms with van der Waals surface area (Å²) in [6, 6.07) is 3.45. The highest BCUT2D eigenvalue weighted by atomic mass is 19.3. The molecule has 1 aromatic heterocycles. The highest BCUT2D eigenvalue weighted by Crippen LogP contribution is 2.31. The largest absolute Gasteiger partial charge is 0.493 e. The van der Waals surface area contributed by atoms with Crippen molar-refractivity contribution in [1.82, 2.24) is 9.78 Å². The maximum atomic E-state index is 14.0. The van der Waals surface area contributed by atoms with Crippen LogP contribution in [0, 0.1) is 42.9 Å². The fourth-order valence-corrected chi connectivity index (χ4v) is 3.16. The van der Waals surface area contributed by atoms with E-state index in [-0.39, 0.29) is 34.1 Å². The number of aryl methyl sites for hydroxylation is 1. The average molecular weight is 491 g/mol. The van der Waals surface area contributed by atoms with E-state index >= 15 is 0 Å². The van der Waals surface area contributed by atoms with Gasteiger partial charge in [0, 0.05) is 5.56 Å². The minimum atomic E-state index is -3.11. The second-order valence-electron chi connectivity index (χ2n) is 6.95. The van der Waals surface area contributed by atoms with Crippen LogP contribution in [-0.4, -0.2) is 29.4 Å². The molecule has 0 fully saturated rings. The van der Waals surface area contributed by atoms with Crippen LogP contribution in [0.1, 0.15) is 27.3 Å². The Labute approximate surface area is 187 Å². The van der Waals surface area contributed by atoms with Gasteiger partial charge in [-0.3, -0.25) is 9.48 Å². The maximum absolute atomic E-state index is 14.0. The monoisotopic (exact) mass is 491 g/mol. The number of nitrogens with zero attached hydrogens (tertiary/aromatic N) is 2. The van der Waals surface area contributed by atoms with Gasteiger partial charge in [0.2, 0.25) is 5.82 Å². The number of rotatable bonds is 7. The summed E-state index contributed by atoms with van der Waals surface area (Å²) in [7, 11) is 1.19. The molecule has 6 nitrogen and oxygen atoms in total. The number of hydrogen-bond acceptors (Lipinski definition) is 4. The van der Waals surface area contributed by atoms with Gasteiger partial charge in [0.1, 0.15) is 0 Å². The number of benzene rings is 2. The molecule has 0 aliphatic carbocycles. The number of aromatic nitrogens is 2. The first kappa shape index (κ1) is 24.9. The van der Waals surface area contributed by atoms with Gasteiger partial charge in [-0.1, -0.05) is 0 Å². The van der Waals surface area contributed by atoms with Gasteiger partial charge in [0.25, 0.3) is 5.91 Å². The van der Waals surface area contributed by atoms with Crippen LogP contribution >= 0.6 is 0 Å². The van der Waals surface area contributed by atoms with E-state index in [0.29, 0.717) is 0 Å². The van der Waals surface area contributed by atoms with Crippen LogP contribution in [0.3, 0.4) is 0 Å². The van der Waals surface area contributed by atoms with Crippen molar-refractivity contribution in [3.8, 4) is 11.5 Å². The van der Waals surface area contributed by atoms with E-state index < -0.39 is 53.7 Å². The minimum absolute atomic E-state index is 0.00946. The lowest BCUT2D eigenvalue weighted by Gasteiger charge is -2.12. The van der Waals surface area contributed by atoms with Crippen LogP contribution in [0.15, 0.2) is 18.2 Å². The van der Waals surface area contributed by atoms with Crippen molar-refractivity contribution >= 4 is 11.6 Å². The molecule has 0 bridgehead atoms. The number of ether oxygens (including phenoxy) is 2. The number of carbonyl (C=O) groups excluding carboxylic acids is 1. The van der Waals surface area contributed by atoms with Crippen molar-refractivity contribution in [1.29, 1.82) is 0 Å². The van der Waals surface area contributed by atoms with Gasteiger partial charge in [-0.05, 0) is 32.0 Å². The van der Waals surface area contributed by atoms with Crippen molar-refractivity contribution in [2.24, 2.45) is 0 Å². The predicted octanol–water partition coefficient (Wildman–Crippen LogP) is 5.11. The van der Waals surface area contributed by atoms with E-state index in [9.17, 15) is 35.5 Å². The summed E-state index contributed by atoms with van der Waals surface area (Å²) in [4.78, 5) is 12.7. The molecule has 3 aromatic rings. The molecule has 0 aliphatic rings. The van der Waals surface area contributed by atoms with E-state index in [4.69, 9.17) is 4.74 Å². The summed E-state index contributed by atoms with van der Waals surface area (Å²) in [6.45, 7) is -1.07. The van der Waals surface area contributed by atoms with Crippen molar-refractivity contribution in [3.05, 3.63) is 69.8 Å². The van der Waals surface area contributed by atoms with Gasteiger partial charge in [-0.2, -0.15) is 13.9 Å². The molecule has 0 spiro atoms. The summed E-state index contributed by atoms with van der Waals surface area (Å²) in [6.07, 6.45) is 0. The molecule has 0 radical (unpaired) electrons.